The normalized spacial score (nSPS) is 19.5. The molecule has 0 fully saturated rings. The summed E-state index contributed by atoms with van der Waals surface area (Å²) in [6.07, 6.45) is 0. The molecule has 0 saturated heterocycles. The topological polar surface area (TPSA) is 107 Å². The molecule has 1 aliphatic rings. The minimum absolute atomic E-state index is 0.227. The van der Waals surface area contributed by atoms with E-state index >= 15 is 0 Å². The lowest BCUT2D eigenvalue weighted by atomic mass is 9.80. The Hall–Kier alpha value is -3.11. The summed E-state index contributed by atoms with van der Waals surface area (Å²) in [6.45, 7) is 0. The van der Waals surface area contributed by atoms with Gasteiger partial charge in [0.2, 0.25) is 0 Å². The van der Waals surface area contributed by atoms with Crippen LogP contribution in [0.2, 0.25) is 0 Å². The zero-order valence-electron chi connectivity index (χ0n) is 18.4. The SMILES string of the molecule is COc1ccc([C@H]2c3sc(=O)[nH]c3S[C@@H](c3ccc(OC)c(OC)c3)[C@@H]2C(=O)O)cc1OC. The number of aromatic nitrogens is 1. The maximum Gasteiger partial charge on any atom is 0.308 e. The highest BCUT2D eigenvalue weighted by Crippen LogP contribution is 2.56. The molecule has 0 bridgehead atoms. The second kappa shape index (κ2) is 9.40. The number of thiazole rings is 1. The third-order valence-corrected chi connectivity index (χ3v) is 8.11. The highest BCUT2D eigenvalue weighted by molar-refractivity contribution is 7.99. The molecule has 0 aliphatic carbocycles. The van der Waals surface area contributed by atoms with E-state index in [0.717, 1.165) is 22.5 Å². The van der Waals surface area contributed by atoms with Crippen molar-refractivity contribution in [2.45, 2.75) is 16.2 Å². The highest BCUT2D eigenvalue weighted by Gasteiger charge is 2.45. The Morgan fingerprint density at radius 3 is 1.97 bits per heavy atom. The van der Waals surface area contributed by atoms with Crippen LogP contribution in [0.5, 0.6) is 23.0 Å². The van der Waals surface area contributed by atoms with Gasteiger partial charge in [0.1, 0.15) is 0 Å². The molecule has 8 nitrogen and oxygen atoms in total. The van der Waals surface area contributed by atoms with Gasteiger partial charge >= 0.3 is 10.8 Å². The van der Waals surface area contributed by atoms with E-state index in [-0.39, 0.29) is 4.87 Å². The van der Waals surface area contributed by atoms with Crippen molar-refractivity contribution in [1.29, 1.82) is 0 Å². The van der Waals surface area contributed by atoms with E-state index in [1.165, 1.54) is 33.1 Å². The molecule has 0 saturated carbocycles. The van der Waals surface area contributed by atoms with Gasteiger partial charge in [0.15, 0.2) is 23.0 Å². The van der Waals surface area contributed by atoms with Crippen LogP contribution in [0, 0.1) is 5.92 Å². The van der Waals surface area contributed by atoms with Crippen LogP contribution in [0.25, 0.3) is 0 Å². The number of fused-ring (bicyclic) bond motifs is 1. The minimum Gasteiger partial charge on any atom is -0.493 e. The lowest BCUT2D eigenvalue weighted by Crippen LogP contribution is -2.30. The monoisotopic (exact) mass is 489 g/mol. The molecule has 3 aromatic rings. The van der Waals surface area contributed by atoms with Crippen molar-refractivity contribution in [3.63, 3.8) is 0 Å². The van der Waals surface area contributed by atoms with Crippen molar-refractivity contribution in [3.05, 3.63) is 62.1 Å². The summed E-state index contributed by atoms with van der Waals surface area (Å²) in [5, 5.41) is 10.6. The Kier molecular flexibility index (Phi) is 6.57. The van der Waals surface area contributed by atoms with E-state index < -0.39 is 23.1 Å². The fraction of sp³-hybridized carbons (Fsp3) is 0.304. The molecule has 3 atom stereocenters. The third-order valence-electron chi connectivity index (χ3n) is 5.64. The van der Waals surface area contributed by atoms with E-state index in [9.17, 15) is 14.7 Å². The number of carbonyl (C=O) groups is 1. The number of H-pyrrole nitrogens is 1. The fourth-order valence-corrected chi connectivity index (χ4v) is 6.73. The Bertz CT molecular complexity index is 1240. The number of aliphatic carboxylic acids is 1. The molecule has 1 aromatic heterocycles. The summed E-state index contributed by atoms with van der Waals surface area (Å²) in [7, 11) is 6.14. The van der Waals surface area contributed by atoms with Crippen LogP contribution in [-0.4, -0.2) is 44.5 Å². The number of methoxy groups -OCH3 is 4. The van der Waals surface area contributed by atoms with Crippen molar-refractivity contribution < 1.29 is 28.8 Å². The number of benzene rings is 2. The van der Waals surface area contributed by atoms with Crippen LogP contribution in [0.3, 0.4) is 0 Å². The third kappa shape index (κ3) is 4.16. The number of thioether (sulfide) groups is 1. The second-order valence-corrected chi connectivity index (χ2v) is 9.48. The quantitative estimate of drug-likeness (QED) is 0.510. The Morgan fingerprint density at radius 1 is 0.879 bits per heavy atom. The number of aromatic amines is 1. The smallest absolute Gasteiger partial charge is 0.308 e. The van der Waals surface area contributed by atoms with Gasteiger partial charge in [-0.2, -0.15) is 0 Å². The molecule has 0 radical (unpaired) electrons. The van der Waals surface area contributed by atoms with Crippen molar-refractivity contribution in [1.82, 2.24) is 4.98 Å². The molecule has 0 spiro atoms. The Labute approximate surface area is 198 Å². The number of hydrogen-bond acceptors (Lipinski definition) is 8. The largest absolute Gasteiger partial charge is 0.493 e. The number of ether oxygens (including phenoxy) is 4. The van der Waals surface area contributed by atoms with Gasteiger partial charge < -0.3 is 29.0 Å². The van der Waals surface area contributed by atoms with Gasteiger partial charge in [0.25, 0.3) is 0 Å². The molecule has 0 amide bonds. The molecule has 4 rings (SSSR count). The van der Waals surface area contributed by atoms with Crippen molar-refractivity contribution in [2.75, 3.05) is 28.4 Å². The number of carboxylic acid groups (broad SMARTS) is 1. The van der Waals surface area contributed by atoms with E-state index in [1.54, 1.807) is 31.4 Å². The lowest BCUT2D eigenvalue weighted by molar-refractivity contribution is -0.142. The van der Waals surface area contributed by atoms with Gasteiger partial charge in [0, 0.05) is 10.8 Å². The van der Waals surface area contributed by atoms with Crippen LogP contribution < -0.4 is 23.8 Å². The van der Waals surface area contributed by atoms with Gasteiger partial charge in [0.05, 0.1) is 44.6 Å². The first-order chi connectivity index (χ1) is 15.9. The van der Waals surface area contributed by atoms with E-state index in [0.29, 0.717) is 32.9 Å². The summed E-state index contributed by atoms with van der Waals surface area (Å²) in [5.74, 6) is -0.303. The van der Waals surface area contributed by atoms with Gasteiger partial charge in [-0.1, -0.05) is 35.2 Å². The summed E-state index contributed by atoms with van der Waals surface area (Å²) in [4.78, 5) is 28.3. The van der Waals surface area contributed by atoms with Crippen LogP contribution in [0.15, 0.2) is 46.2 Å². The Morgan fingerprint density at radius 2 is 1.42 bits per heavy atom. The average Bonchev–Trinajstić information content (AvgIpc) is 3.21. The summed E-state index contributed by atoms with van der Waals surface area (Å²) in [6, 6.07) is 10.7. The van der Waals surface area contributed by atoms with Crippen LogP contribution in [-0.2, 0) is 4.79 Å². The Balaban J connectivity index is 1.90. The first-order valence-electron chi connectivity index (χ1n) is 9.98. The summed E-state index contributed by atoms with van der Waals surface area (Å²) in [5.41, 5.74) is 1.48. The van der Waals surface area contributed by atoms with E-state index in [2.05, 4.69) is 4.98 Å². The van der Waals surface area contributed by atoms with Crippen LogP contribution in [0.4, 0.5) is 0 Å². The minimum atomic E-state index is -0.964. The molecule has 2 aromatic carbocycles. The predicted molar refractivity (Wildman–Crippen MR) is 126 cm³/mol. The van der Waals surface area contributed by atoms with Crippen molar-refractivity contribution >= 4 is 29.1 Å². The van der Waals surface area contributed by atoms with Crippen molar-refractivity contribution in [3.8, 4) is 23.0 Å². The zero-order chi connectivity index (χ0) is 23.7. The van der Waals surface area contributed by atoms with Crippen LogP contribution >= 0.6 is 23.1 Å². The molecule has 33 heavy (non-hydrogen) atoms. The van der Waals surface area contributed by atoms with E-state index in [1.807, 2.05) is 12.1 Å². The molecular formula is C23H23NO7S2. The first-order valence-corrected chi connectivity index (χ1v) is 11.7. The number of hydrogen-bond donors (Lipinski definition) is 2. The maximum absolute atomic E-state index is 12.7. The lowest BCUT2D eigenvalue weighted by Gasteiger charge is -2.35. The zero-order valence-corrected chi connectivity index (χ0v) is 20.0. The number of rotatable bonds is 7. The summed E-state index contributed by atoms with van der Waals surface area (Å²) >= 11 is 2.37. The van der Waals surface area contributed by atoms with Gasteiger partial charge in [-0.3, -0.25) is 9.59 Å². The van der Waals surface area contributed by atoms with Gasteiger partial charge in [-0.25, -0.2) is 0 Å². The molecule has 10 heteroatoms. The number of nitrogens with one attached hydrogen (secondary N) is 1. The molecule has 0 unspecified atom stereocenters. The average molecular weight is 490 g/mol. The molecule has 2 heterocycles. The standard InChI is InChI=1S/C23H23NO7S2/c1-28-13-7-5-11(9-15(13)30-3)17-18(22(25)26)19(32-21-20(17)33-23(27)24-21)12-6-8-14(29-2)16(10-12)31-4/h5-10,17-19H,1-4H3,(H,24,27)(H,25,26)/t17-,18-,19+/m1/s1. The second-order valence-electron chi connectivity index (χ2n) is 7.32. The fourth-order valence-electron chi connectivity index (χ4n) is 4.14. The van der Waals surface area contributed by atoms with Gasteiger partial charge in [-0.15, -0.1) is 0 Å². The summed E-state index contributed by atoms with van der Waals surface area (Å²) < 4.78 is 21.6. The number of carboxylic acids is 1. The van der Waals surface area contributed by atoms with Crippen molar-refractivity contribution in [2.24, 2.45) is 5.92 Å². The molecular weight excluding hydrogens is 466 g/mol. The highest BCUT2D eigenvalue weighted by atomic mass is 32.2. The van der Waals surface area contributed by atoms with E-state index in [4.69, 9.17) is 18.9 Å². The predicted octanol–water partition coefficient (Wildman–Crippen LogP) is 4.15. The maximum atomic E-state index is 12.7. The first kappa shape index (κ1) is 23.1. The molecule has 174 valence electrons. The van der Waals surface area contributed by atoms with Gasteiger partial charge in [-0.05, 0) is 35.4 Å². The van der Waals surface area contributed by atoms with Crippen LogP contribution in [0.1, 0.15) is 27.2 Å². The molecule has 1 aliphatic heterocycles. The molecule has 2 N–H and O–H groups in total.